The van der Waals surface area contributed by atoms with Gasteiger partial charge >= 0.3 is 0 Å². The number of pyridine rings is 1. The van der Waals surface area contributed by atoms with Crippen molar-refractivity contribution in [3.63, 3.8) is 0 Å². The molecule has 2 aromatic heterocycles. The molecular formula is C21H16F2N2. The van der Waals surface area contributed by atoms with E-state index in [0.29, 0.717) is 17.8 Å². The van der Waals surface area contributed by atoms with Crippen LogP contribution in [0.3, 0.4) is 0 Å². The minimum atomic E-state index is -0.604. The number of halogens is 2. The molecule has 0 N–H and O–H groups in total. The van der Waals surface area contributed by atoms with E-state index in [4.69, 9.17) is 0 Å². The normalized spacial score (nSPS) is 11.2. The van der Waals surface area contributed by atoms with Gasteiger partial charge in [0.25, 0.3) is 0 Å². The topological polar surface area (TPSA) is 17.8 Å². The predicted molar refractivity (Wildman–Crippen MR) is 95.4 cm³/mol. The number of aryl methyl sites for hydroxylation is 1. The average molecular weight is 334 g/mol. The molecule has 4 aromatic rings. The van der Waals surface area contributed by atoms with Crippen LogP contribution in [0.25, 0.3) is 22.3 Å². The van der Waals surface area contributed by atoms with Gasteiger partial charge in [-0.25, -0.2) is 13.8 Å². The maximum absolute atomic E-state index is 13.5. The highest BCUT2D eigenvalue weighted by Crippen LogP contribution is 2.26. The summed E-state index contributed by atoms with van der Waals surface area (Å²) in [6.45, 7) is 2.73. The zero-order valence-electron chi connectivity index (χ0n) is 13.7. The van der Waals surface area contributed by atoms with Gasteiger partial charge in [-0.3, -0.25) is 0 Å². The minimum Gasteiger partial charge on any atom is -0.328 e. The van der Waals surface area contributed by atoms with Crippen molar-refractivity contribution in [2.75, 3.05) is 0 Å². The molecule has 4 heteroatoms. The van der Waals surface area contributed by atoms with Crippen LogP contribution in [0.1, 0.15) is 11.1 Å². The van der Waals surface area contributed by atoms with E-state index in [0.717, 1.165) is 22.7 Å². The highest BCUT2D eigenvalue weighted by atomic mass is 19.1. The molecule has 0 amide bonds. The molecular weight excluding hydrogens is 318 g/mol. The highest BCUT2D eigenvalue weighted by Gasteiger charge is 2.11. The van der Waals surface area contributed by atoms with E-state index in [-0.39, 0.29) is 0 Å². The van der Waals surface area contributed by atoms with E-state index in [1.165, 1.54) is 17.7 Å². The molecule has 124 valence electrons. The largest absolute Gasteiger partial charge is 0.328 e. The second-order valence-corrected chi connectivity index (χ2v) is 6.15. The van der Waals surface area contributed by atoms with Crippen LogP contribution in [0.15, 0.2) is 66.9 Å². The first-order valence-corrected chi connectivity index (χ1v) is 8.07. The lowest BCUT2D eigenvalue weighted by atomic mass is 10.1. The van der Waals surface area contributed by atoms with E-state index in [1.54, 1.807) is 6.07 Å². The molecule has 2 aromatic carbocycles. The first-order valence-electron chi connectivity index (χ1n) is 8.07. The molecule has 2 heterocycles. The molecule has 0 saturated heterocycles. The molecule has 0 radical (unpaired) electrons. The maximum Gasteiger partial charge on any atom is 0.141 e. The fraction of sp³-hybridized carbons (Fsp3) is 0.0952. The molecule has 25 heavy (non-hydrogen) atoms. The highest BCUT2D eigenvalue weighted by molar-refractivity contribution is 5.83. The van der Waals surface area contributed by atoms with Crippen LogP contribution in [0.2, 0.25) is 0 Å². The molecule has 0 atom stereocenters. The number of benzene rings is 2. The first-order chi connectivity index (χ1) is 12.1. The Morgan fingerprint density at radius 1 is 0.920 bits per heavy atom. The monoisotopic (exact) mass is 334 g/mol. The van der Waals surface area contributed by atoms with Gasteiger partial charge in [-0.2, -0.15) is 0 Å². The van der Waals surface area contributed by atoms with Crippen LogP contribution in [0.4, 0.5) is 8.78 Å². The van der Waals surface area contributed by atoms with Crippen LogP contribution >= 0.6 is 0 Å². The Kier molecular flexibility index (Phi) is 3.80. The van der Waals surface area contributed by atoms with Crippen molar-refractivity contribution in [2.45, 2.75) is 13.5 Å². The quantitative estimate of drug-likeness (QED) is 0.494. The molecule has 0 saturated carbocycles. The lowest BCUT2D eigenvalue weighted by Crippen LogP contribution is -1.99. The number of fused-ring (bicyclic) bond motifs is 1. The summed E-state index contributed by atoms with van der Waals surface area (Å²) < 4.78 is 29.1. The Morgan fingerprint density at radius 3 is 2.36 bits per heavy atom. The molecule has 0 aliphatic rings. The third-order valence-corrected chi connectivity index (χ3v) is 4.28. The smallest absolute Gasteiger partial charge is 0.141 e. The van der Waals surface area contributed by atoms with Crippen molar-refractivity contribution >= 4 is 11.0 Å². The molecule has 0 bridgehead atoms. The number of nitrogens with zero attached hydrogens (tertiary/aromatic N) is 2. The Bertz CT molecular complexity index is 1030. The fourth-order valence-corrected chi connectivity index (χ4v) is 3.10. The molecule has 0 aliphatic heterocycles. The van der Waals surface area contributed by atoms with Crippen molar-refractivity contribution < 1.29 is 8.78 Å². The number of rotatable bonds is 3. The van der Waals surface area contributed by atoms with Crippen molar-refractivity contribution in [2.24, 2.45) is 0 Å². The average Bonchev–Trinajstić information content (AvgIpc) is 2.90. The standard InChI is InChI=1S/C21H16F2N2/c1-14-12-25(13-15-5-3-2-4-6-15)21-19(14)7-8-20(24-21)16-9-17(22)11-18(23)10-16/h2-12H,13H2,1H3. The zero-order valence-corrected chi connectivity index (χ0v) is 13.7. The number of hydrogen-bond acceptors (Lipinski definition) is 1. The molecule has 2 nitrogen and oxygen atoms in total. The van der Waals surface area contributed by atoms with E-state index in [1.807, 2.05) is 31.2 Å². The van der Waals surface area contributed by atoms with E-state index in [9.17, 15) is 8.78 Å². The van der Waals surface area contributed by atoms with Gasteiger partial charge in [-0.15, -0.1) is 0 Å². The SMILES string of the molecule is Cc1cn(Cc2ccccc2)c2nc(-c3cc(F)cc(F)c3)ccc12. The van der Waals surface area contributed by atoms with E-state index in [2.05, 4.69) is 27.9 Å². The molecule has 0 aliphatic carbocycles. The molecule has 4 rings (SSSR count). The maximum atomic E-state index is 13.5. The Labute approximate surface area is 144 Å². The number of hydrogen-bond donors (Lipinski definition) is 0. The fourth-order valence-electron chi connectivity index (χ4n) is 3.10. The predicted octanol–water partition coefficient (Wildman–Crippen LogP) is 5.34. The molecule has 0 unspecified atom stereocenters. The third-order valence-electron chi connectivity index (χ3n) is 4.28. The zero-order chi connectivity index (χ0) is 17.4. The van der Waals surface area contributed by atoms with E-state index >= 15 is 0 Å². The summed E-state index contributed by atoms with van der Waals surface area (Å²) in [5.41, 5.74) is 4.09. The summed E-state index contributed by atoms with van der Waals surface area (Å²) in [5, 5.41) is 1.04. The lowest BCUT2D eigenvalue weighted by Gasteiger charge is -2.07. The number of aromatic nitrogens is 2. The summed E-state index contributed by atoms with van der Waals surface area (Å²) >= 11 is 0. The minimum absolute atomic E-state index is 0.435. The summed E-state index contributed by atoms with van der Waals surface area (Å²) in [6, 6.07) is 17.3. The van der Waals surface area contributed by atoms with Gasteiger partial charge in [0.2, 0.25) is 0 Å². The van der Waals surface area contributed by atoms with Crippen LogP contribution in [-0.4, -0.2) is 9.55 Å². The lowest BCUT2D eigenvalue weighted by molar-refractivity contribution is 0.584. The van der Waals surface area contributed by atoms with Gasteiger partial charge in [0.1, 0.15) is 17.3 Å². The second-order valence-electron chi connectivity index (χ2n) is 6.15. The van der Waals surface area contributed by atoms with Crippen LogP contribution in [0.5, 0.6) is 0 Å². The Morgan fingerprint density at radius 2 is 1.64 bits per heavy atom. The third kappa shape index (κ3) is 3.03. The first kappa shape index (κ1) is 15.5. The summed E-state index contributed by atoms with van der Waals surface area (Å²) in [5.74, 6) is -1.21. The summed E-state index contributed by atoms with van der Waals surface area (Å²) in [6.07, 6.45) is 2.06. The van der Waals surface area contributed by atoms with Crippen molar-refractivity contribution in [3.8, 4) is 11.3 Å². The van der Waals surface area contributed by atoms with E-state index < -0.39 is 11.6 Å². The van der Waals surface area contributed by atoms with Crippen LogP contribution in [0, 0.1) is 18.6 Å². The second kappa shape index (κ2) is 6.13. The molecule has 0 fully saturated rings. The van der Waals surface area contributed by atoms with Gasteiger partial charge < -0.3 is 4.57 Å². The van der Waals surface area contributed by atoms with Crippen molar-refractivity contribution in [3.05, 3.63) is 89.6 Å². The Balaban J connectivity index is 1.82. The van der Waals surface area contributed by atoms with Gasteiger partial charge in [-0.05, 0) is 42.3 Å². The summed E-state index contributed by atoms with van der Waals surface area (Å²) in [7, 11) is 0. The van der Waals surface area contributed by atoms with Gasteiger partial charge in [0.15, 0.2) is 0 Å². The van der Waals surface area contributed by atoms with Gasteiger partial charge in [0, 0.05) is 29.8 Å². The van der Waals surface area contributed by atoms with Crippen LogP contribution < -0.4 is 0 Å². The Hall–Kier alpha value is -3.01. The molecule has 0 spiro atoms. The van der Waals surface area contributed by atoms with Crippen molar-refractivity contribution in [1.29, 1.82) is 0 Å². The summed E-state index contributed by atoms with van der Waals surface area (Å²) in [4.78, 5) is 4.67. The van der Waals surface area contributed by atoms with Crippen LogP contribution in [-0.2, 0) is 6.54 Å². The van der Waals surface area contributed by atoms with Gasteiger partial charge in [0.05, 0.1) is 5.69 Å². The van der Waals surface area contributed by atoms with Crippen molar-refractivity contribution in [1.82, 2.24) is 9.55 Å². The van der Waals surface area contributed by atoms with Gasteiger partial charge in [-0.1, -0.05) is 30.3 Å².